The van der Waals surface area contributed by atoms with E-state index < -0.39 is 0 Å². The van der Waals surface area contributed by atoms with Crippen molar-refractivity contribution < 1.29 is 9.15 Å². The zero-order valence-corrected chi connectivity index (χ0v) is 21.9. The third-order valence-corrected chi connectivity index (χ3v) is 6.88. The zero-order valence-electron chi connectivity index (χ0n) is 21.9. The number of fused-ring (bicyclic) bond motifs is 1. The summed E-state index contributed by atoms with van der Waals surface area (Å²) in [5, 5.41) is 13.7. The molecule has 0 radical (unpaired) electrons. The van der Waals surface area contributed by atoms with Crippen molar-refractivity contribution in [3.63, 3.8) is 0 Å². The molecule has 0 fully saturated rings. The quantitative estimate of drug-likeness (QED) is 0.269. The van der Waals surface area contributed by atoms with Gasteiger partial charge in [0.1, 0.15) is 18.1 Å². The van der Waals surface area contributed by atoms with Crippen molar-refractivity contribution in [3.05, 3.63) is 106 Å². The fourth-order valence-electron chi connectivity index (χ4n) is 4.82. The van der Waals surface area contributed by atoms with Crippen molar-refractivity contribution in [2.24, 2.45) is 0 Å². The molecule has 5 aromatic rings. The van der Waals surface area contributed by atoms with E-state index in [2.05, 4.69) is 51.4 Å². The number of nitrogens with one attached hydrogen (secondary N) is 1. The number of ether oxygens (including phenoxy) is 1. The van der Waals surface area contributed by atoms with Gasteiger partial charge in [0.15, 0.2) is 5.82 Å². The summed E-state index contributed by atoms with van der Waals surface area (Å²) in [6.45, 7) is 5.69. The summed E-state index contributed by atoms with van der Waals surface area (Å²) >= 11 is 0. The average molecular weight is 513 g/mol. The second-order valence-corrected chi connectivity index (χ2v) is 9.35. The van der Waals surface area contributed by atoms with Gasteiger partial charge < -0.3 is 14.1 Å². The lowest BCUT2D eigenvalue weighted by Crippen LogP contribution is -2.32. The zero-order chi connectivity index (χ0) is 26.5. The topological polar surface area (TPSA) is 102 Å². The van der Waals surface area contributed by atoms with Crippen LogP contribution in [0.15, 0.2) is 76.1 Å². The lowest BCUT2D eigenvalue weighted by molar-refractivity contribution is 0.161. The third-order valence-electron chi connectivity index (χ3n) is 6.88. The Morgan fingerprint density at radius 2 is 1.87 bits per heavy atom. The highest BCUT2D eigenvalue weighted by atomic mass is 16.5. The second-order valence-electron chi connectivity index (χ2n) is 9.35. The molecule has 1 unspecified atom stereocenters. The first kappa shape index (κ1) is 25.4. The molecule has 9 nitrogen and oxygen atoms in total. The number of aromatic amines is 1. The highest BCUT2D eigenvalue weighted by molar-refractivity contribution is 5.79. The first-order chi connectivity index (χ1) is 18.6. The molecular formula is C29H32N6O3. The number of H-pyrrole nitrogens is 1. The van der Waals surface area contributed by atoms with Crippen LogP contribution in [0.5, 0.6) is 5.75 Å². The van der Waals surface area contributed by atoms with Crippen LogP contribution in [0.2, 0.25) is 0 Å². The monoisotopic (exact) mass is 512 g/mol. The standard InChI is InChI=1S/C29H32N6O3/c1-4-20-10-13-26-22(15-20)16-23(29(36)30-26)18-34(17-21-8-11-24(37-3)12-9-21)27(5-2)28-31-32-33-35(28)19-25-7-6-14-38-25/h6-16,27H,4-5,17-19H2,1-3H3,(H,30,36). The molecule has 38 heavy (non-hydrogen) atoms. The van der Waals surface area contributed by atoms with Crippen LogP contribution in [0, 0.1) is 0 Å². The Balaban J connectivity index is 1.52. The van der Waals surface area contributed by atoms with Crippen molar-refractivity contribution in [2.45, 2.75) is 52.4 Å². The van der Waals surface area contributed by atoms with E-state index in [9.17, 15) is 4.79 Å². The largest absolute Gasteiger partial charge is 0.497 e. The first-order valence-corrected chi connectivity index (χ1v) is 12.9. The Hall–Kier alpha value is -4.24. The minimum absolute atomic E-state index is 0.0912. The Morgan fingerprint density at radius 3 is 2.58 bits per heavy atom. The first-order valence-electron chi connectivity index (χ1n) is 12.9. The Kier molecular flexibility index (Phi) is 7.65. The van der Waals surface area contributed by atoms with Gasteiger partial charge in [0, 0.05) is 24.2 Å². The maximum absolute atomic E-state index is 13.2. The lowest BCUT2D eigenvalue weighted by Gasteiger charge is -2.30. The number of benzene rings is 2. The predicted molar refractivity (Wildman–Crippen MR) is 145 cm³/mol. The van der Waals surface area contributed by atoms with Crippen LogP contribution in [0.3, 0.4) is 0 Å². The van der Waals surface area contributed by atoms with Crippen molar-refractivity contribution in [3.8, 4) is 5.75 Å². The average Bonchev–Trinajstić information content (AvgIpc) is 3.62. The van der Waals surface area contributed by atoms with E-state index in [4.69, 9.17) is 9.15 Å². The van der Waals surface area contributed by atoms with Gasteiger partial charge in [-0.2, -0.15) is 0 Å². The summed E-state index contributed by atoms with van der Waals surface area (Å²) in [4.78, 5) is 18.5. The molecule has 0 aliphatic rings. The van der Waals surface area contributed by atoms with Gasteiger partial charge in [0.2, 0.25) is 0 Å². The van der Waals surface area contributed by atoms with E-state index in [1.54, 1.807) is 18.1 Å². The Morgan fingerprint density at radius 1 is 1.05 bits per heavy atom. The lowest BCUT2D eigenvalue weighted by atomic mass is 10.1. The molecule has 5 rings (SSSR count). The summed E-state index contributed by atoms with van der Waals surface area (Å²) in [5.41, 5.74) is 3.77. The number of aromatic nitrogens is 5. The van der Waals surface area contributed by atoms with E-state index in [1.807, 2.05) is 48.5 Å². The molecule has 196 valence electrons. The second kappa shape index (κ2) is 11.4. The van der Waals surface area contributed by atoms with Gasteiger partial charge in [-0.1, -0.05) is 32.0 Å². The van der Waals surface area contributed by atoms with Gasteiger partial charge in [-0.15, -0.1) is 5.10 Å². The van der Waals surface area contributed by atoms with Gasteiger partial charge in [0.05, 0.1) is 19.4 Å². The number of nitrogens with zero attached hydrogens (tertiary/aromatic N) is 5. The molecule has 0 saturated heterocycles. The number of tetrazole rings is 1. The number of rotatable bonds is 11. The van der Waals surface area contributed by atoms with Crippen LogP contribution < -0.4 is 10.3 Å². The van der Waals surface area contributed by atoms with Gasteiger partial charge in [-0.25, -0.2) is 4.68 Å². The van der Waals surface area contributed by atoms with E-state index in [0.29, 0.717) is 25.2 Å². The molecule has 1 atom stereocenters. The van der Waals surface area contributed by atoms with Crippen LogP contribution in [-0.4, -0.2) is 37.2 Å². The van der Waals surface area contributed by atoms with Crippen molar-refractivity contribution in [1.29, 1.82) is 0 Å². The highest BCUT2D eigenvalue weighted by Gasteiger charge is 2.26. The van der Waals surface area contributed by atoms with E-state index in [0.717, 1.165) is 46.6 Å². The number of methoxy groups -OCH3 is 1. The van der Waals surface area contributed by atoms with Crippen molar-refractivity contribution >= 4 is 10.9 Å². The summed E-state index contributed by atoms with van der Waals surface area (Å²) in [7, 11) is 1.66. The van der Waals surface area contributed by atoms with Crippen LogP contribution in [0.25, 0.3) is 10.9 Å². The van der Waals surface area contributed by atoms with Crippen LogP contribution in [-0.2, 0) is 26.1 Å². The molecule has 3 aromatic heterocycles. The number of furan rings is 1. The molecule has 3 heterocycles. The molecule has 9 heteroatoms. The van der Waals surface area contributed by atoms with Crippen LogP contribution in [0.1, 0.15) is 54.6 Å². The molecule has 0 aliphatic carbocycles. The molecule has 0 aliphatic heterocycles. The molecule has 0 bridgehead atoms. The maximum atomic E-state index is 13.2. The van der Waals surface area contributed by atoms with Gasteiger partial charge in [-0.05, 0) is 82.2 Å². The molecule has 0 amide bonds. The normalized spacial score (nSPS) is 12.3. The fraction of sp³-hybridized carbons (Fsp3) is 0.310. The Labute approximate surface area is 221 Å². The summed E-state index contributed by atoms with van der Waals surface area (Å²) < 4.78 is 12.6. The molecular weight excluding hydrogens is 480 g/mol. The number of pyridine rings is 1. The van der Waals surface area contributed by atoms with Gasteiger partial charge >= 0.3 is 0 Å². The molecule has 2 aromatic carbocycles. The van der Waals surface area contributed by atoms with Gasteiger partial charge in [-0.3, -0.25) is 9.69 Å². The summed E-state index contributed by atoms with van der Waals surface area (Å²) in [6.07, 6.45) is 3.33. The van der Waals surface area contributed by atoms with E-state index in [-0.39, 0.29) is 11.6 Å². The maximum Gasteiger partial charge on any atom is 0.252 e. The van der Waals surface area contributed by atoms with E-state index >= 15 is 0 Å². The molecule has 0 saturated carbocycles. The molecule has 1 N–H and O–H groups in total. The number of hydrogen-bond acceptors (Lipinski definition) is 7. The van der Waals surface area contributed by atoms with Crippen molar-refractivity contribution in [2.75, 3.05) is 7.11 Å². The van der Waals surface area contributed by atoms with E-state index in [1.165, 1.54) is 5.56 Å². The Bertz CT molecular complexity index is 1540. The SMILES string of the molecule is CCc1ccc2[nH]c(=O)c(CN(Cc3ccc(OC)cc3)C(CC)c3nnnn3Cc3ccco3)cc2c1. The third kappa shape index (κ3) is 5.52. The number of aryl methyl sites for hydroxylation is 1. The van der Waals surface area contributed by atoms with Crippen LogP contribution in [0.4, 0.5) is 0 Å². The van der Waals surface area contributed by atoms with Crippen molar-refractivity contribution in [1.82, 2.24) is 30.1 Å². The highest BCUT2D eigenvalue weighted by Crippen LogP contribution is 2.27. The summed E-state index contributed by atoms with van der Waals surface area (Å²) in [5.74, 6) is 2.29. The summed E-state index contributed by atoms with van der Waals surface area (Å²) in [6, 6.07) is 19.8. The van der Waals surface area contributed by atoms with Crippen LogP contribution >= 0.6 is 0 Å². The minimum Gasteiger partial charge on any atom is -0.497 e. The number of hydrogen-bond donors (Lipinski definition) is 1. The minimum atomic E-state index is -0.140. The predicted octanol–water partition coefficient (Wildman–Crippen LogP) is 4.88. The fourth-order valence-corrected chi connectivity index (χ4v) is 4.82. The van der Waals surface area contributed by atoms with Gasteiger partial charge in [0.25, 0.3) is 5.56 Å². The molecule has 0 spiro atoms. The smallest absolute Gasteiger partial charge is 0.252 e.